The van der Waals surface area contributed by atoms with Gasteiger partial charge in [-0.05, 0) is 18.4 Å². The molecule has 0 spiro atoms. The van der Waals surface area contributed by atoms with Crippen LogP contribution < -0.4 is 16.1 Å². The van der Waals surface area contributed by atoms with E-state index in [-0.39, 0.29) is 6.17 Å². The first-order valence-corrected chi connectivity index (χ1v) is 6.23. The standard InChI is InChI=1S/C13H19N3O2/c17-10-15-13-7-6-12(8-14-13)16-18-9-11-4-2-1-3-5-11/h1-5,10,12-14,16H,6-9H2,(H,15,17)/t12-,13+/m1/s1. The number of hydrogen-bond acceptors (Lipinski definition) is 4. The Hall–Kier alpha value is -1.43. The number of piperidine rings is 1. The number of benzene rings is 1. The molecule has 0 aliphatic carbocycles. The lowest BCUT2D eigenvalue weighted by molar-refractivity contribution is -0.110. The van der Waals surface area contributed by atoms with Crippen molar-refractivity contribution in [1.82, 2.24) is 16.1 Å². The molecule has 1 aliphatic heterocycles. The molecule has 0 unspecified atom stereocenters. The number of nitrogens with one attached hydrogen (secondary N) is 3. The molecule has 1 saturated heterocycles. The average Bonchev–Trinajstić information content (AvgIpc) is 2.42. The highest BCUT2D eigenvalue weighted by molar-refractivity contribution is 5.46. The summed E-state index contributed by atoms with van der Waals surface area (Å²) in [5, 5.41) is 5.96. The van der Waals surface area contributed by atoms with Crippen LogP contribution in [0.3, 0.4) is 0 Å². The summed E-state index contributed by atoms with van der Waals surface area (Å²) >= 11 is 0. The Bertz CT molecular complexity index is 351. The summed E-state index contributed by atoms with van der Waals surface area (Å²) in [4.78, 5) is 15.8. The third-order valence-corrected chi connectivity index (χ3v) is 3.02. The SMILES string of the molecule is O=CN[C@H]1CC[C@@H](NOCc2ccccc2)CN1. The maximum Gasteiger partial charge on any atom is 0.208 e. The molecule has 1 amide bonds. The topological polar surface area (TPSA) is 62.4 Å². The molecule has 1 aliphatic rings. The van der Waals surface area contributed by atoms with Crippen molar-refractivity contribution in [3.8, 4) is 0 Å². The van der Waals surface area contributed by atoms with Crippen molar-refractivity contribution in [1.29, 1.82) is 0 Å². The monoisotopic (exact) mass is 249 g/mol. The molecular formula is C13H19N3O2. The summed E-state index contributed by atoms with van der Waals surface area (Å²) in [6, 6.07) is 10.3. The molecular weight excluding hydrogens is 230 g/mol. The molecule has 1 aromatic rings. The fraction of sp³-hybridized carbons (Fsp3) is 0.462. The van der Waals surface area contributed by atoms with Gasteiger partial charge < -0.3 is 5.32 Å². The minimum Gasteiger partial charge on any atom is -0.343 e. The highest BCUT2D eigenvalue weighted by Crippen LogP contribution is 2.06. The van der Waals surface area contributed by atoms with Gasteiger partial charge in [0.15, 0.2) is 0 Å². The quantitative estimate of drug-likeness (QED) is 0.508. The summed E-state index contributed by atoms with van der Waals surface area (Å²) in [6.45, 7) is 1.35. The Labute approximate surface area is 107 Å². The average molecular weight is 249 g/mol. The second kappa shape index (κ2) is 7.10. The van der Waals surface area contributed by atoms with E-state index in [9.17, 15) is 4.79 Å². The molecule has 0 saturated carbocycles. The van der Waals surface area contributed by atoms with E-state index in [1.165, 1.54) is 0 Å². The molecule has 2 atom stereocenters. The third-order valence-electron chi connectivity index (χ3n) is 3.02. The predicted octanol–water partition coefficient (Wildman–Crippen LogP) is 0.532. The summed E-state index contributed by atoms with van der Waals surface area (Å²) in [5.41, 5.74) is 4.20. The van der Waals surface area contributed by atoms with Crippen LogP contribution in [0.4, 0.5) is 0 Å². The van der Waals surface area contributed by atoms with Gasteiger partial charge in [0.05, 0.1) is 12.8 Å². The van der Waals surface area contributed by atoms with E-state index in [2.05, 4.69) is 16.1 Å². The molecule has 0 radical (unpaired) electrons. The number of rotatable bonds is 6. The van der Waals surface area contributed by atoms with Crippen molar-refractivity contribution in [3.63, 3.8) is 0 Å². The maximum absolute atomic E-state index is 10.3. The highest BCUT2D eigenvalue weighted by Gasteiger charge is 2.19. The fourth-order valence-electron chi connectivity index (χ4n) is 2.00. The van der Waals surface area contributed by atoms with Gasteiger partial charge in [0.2, 0.25) is 6.41 Å². The largest absolute Gasteiger partial charge is 0.343 e. The van der Waals surface area contributed by atoms with Gasteiger partial charge in [0.1, 0.15) is 0 Å². The van der Waals surface area contributed by atoms with Crippen molar-refractivity contribution < 1.29 is 9.63 Å². The van der Waals surface area contributed by atoms with Gasteiger partial charge in [0, 0.05) is 12.6 Å². The van der Waals surface area contributed by atoms with Gasteiger partial charge in [-0.25, -0.2) is 0 Å². The Kier molecular flexibility index (Phi) is 5.14. The van der Waals surface area contributed by atoms with Crippen molar-refractivity contribution in [2.75, 3.05) is 6.54 Å². The number of hydrogen-bond donors (Lipinski definition) is 3. The highest BCUT2D eigenvalue weighted by atomic mass is 16.6. The molecule has 1 fully saturated rings. The zero-order valence-corrected chi connectivity index (χ0v) is 10.3. The molecule has 5 nitrogen and oxygen atoms in total. The van der Waals surface area contributed by atoms with Crippen molar-refractivity contribution in [2.45, 2.75) is 31.7 Å². The fourth-order valence-corrected chi connectivity index (χ4v) is 2.00. The second-order valence-corrected chi connectivity index (χ2v) is 4.41. The summed E-state index contributed by atoms with van der Waals surface area (Å²) in [5.74, 6) is 0. The van der Waals surface area contributed by atoms with Crippen molar-refractivity contribution >= 4 is 6.41 Å². The first-order chi connectivity index (χ1) is 8.88. The maximum atomic E-state index is 10.3. The van der Waals surface area contributed by atoms with E-state index in [0.717, 1.165) is 31.4 Å². The van der Waals surface area contributed by atoms with Crippen LogP contribution in [-0.2, 0) is 16.2 Å². The van der Waals surface area contributed by atoms with Crippen LogP contribution in [0.25, 0.3) is 0 Å². The van der Waals surface area contributed by atoms with Crippen LogP contribution in [0.2, 0.25) is 0 Å². The zero-order valence-electron chi connectivity index (χ0n) is 10.3. The first kappa shape index (κ1) is 13.0. The smallest absolute Gasteiger partial charge is 0.208 e. The molecule has 0 aromatic heterocycles. The number of carbonyl (C=O) groups is 1. The van der Waals surface area contributed by atoms with E-state index in [1.807, 2.05) is 30.3 Å². The molecule has 1 heterocycles. The number of amides is 1. The van der Waals surface area contributed by atoms with Gasteiger partial charge >= 0.3 is 0 Å². The Balaban J connectivity index is 1.62. The third kappa shape index (κ3) is 4.10. The van der Waals surface area contributed by atoms with Crippen LogP contribution >= 0.6 is 0 Å². The molecule has 1 aromatic carbocycles. The lowest BCUT2D eigenvalue weighted by atomic mass is 10.1. The molecule has 3 N–H and O–H groups in total. The van der Waals surface area contributed by atoms with E-state index in [0.29, 0.717) is 12.6 Å². The van der Waals surface area contributed by atoms with Gasteiger partial charge in [-0.1, -0.05) is 30.3 Å². The molecule has 0 bridgehead atoms. The Morgan fingerprint density at radius 2 is 2.17 bits per heavy atom. The van der Waals surface area contributed by atoms with E-state index in [1.54, 1.807) is 0 Å². The minimum absolute atomic E-state index is 0.0923. The van der Waals surface area contributed by atoms with Crippen molar-refractivity contribution in [2.24, 2.45) is 0 Å². The first-order valence-electron chi connectivity index (χ1n) is 6.23. The van der Waals surface area contributed by atoms with Crippen LogP contribution in [0.1, 0.15) is 18.4 Å². The molecule has 18 heavy (non-hydrogen) atoms. The van der Waals surface area contributed by atoms with Gasteiger partial charge in [-0.3, -0.25) is 14.9 Å². The van der Waals surface area contributed by atoms with Crippen LogP contribution in [-0.4, -0.2) is 25.2 Å². The predicted molar refractivity (Wildman–Crippen MR) is 68.4 cm³/mol. The van der Waals surface area contributed by atoms with Gasteiger partial charge in [0.25, 0.3) is 0 Å². The lowest BCUT2D eigenvalue weighted by Gasteiger charge is -2.29. The Morgan fingerprint density at radius 3 is 2.83 bits per heavy atom. The van der Waals surface area contributed by atoms with E-state index >= 15 is 0 Å². The number of hydroxylamine groups is 1. The summed E-state index contributed by atoms with van der Waals surface area (Å²) in [6.07, 6.45) is 2.71. The number of carbonyl (C=O) groups excluding carboxylic acids is 1. The zero-order chi connectivity index (χ0) is 12.6. The summed E-state index contributed by atoms with van der Waals surface area (Å²) in [7, 11) is 0. The van der Waals surface area contributed by atoms with Gasteiger partial charge in [-0.15, -0.1) is 0 Å². The van der Waals surface area contributed by atoms with Crippen molar-refractivity contribution in [3.05, 3.63) is 35.9 Å². The normalized spacial score (nSPS) is 23.6. The van der Waals surface area contributed by atoms with Crippen LogP contribution in [0.15, 0.2) is 30.3 Å². The second-order valence-electron chi connectivity index (χ2n) is 4.41. The van der Waals surface area contributed by atoms with Crippen LogP contribution in [0, 0.1) is 0 Å². The van der Waals surface area contributed by atoms with E-state index < -0.39 is 0 Å². The van der Waals surface area contributed by atoms with Crippen LogP contribution in [0.5, 0.6) is 0 Å². The minimum atomic E-state index is 0.0923. The Morgan fingerprint density at radius 1 is 1.33 bits per heavy atom. The van der Waals surface area contributed by atoms with E-state index in [4.69, 9.17) is 4.84 Å². The summed E-state index contributed by atoms with van der Waals surface area (Å²) < 4.78 is 0. The molecule has 5 heteroatoms. The van der Waals surface area contributed by atoms with Gasteiger partial charge in [-0.2, -0.15) is 5.48 Å². The lowest BCUT2D eigenvalue weighted by Crippen LogP contribution is -2.52. The molecule has 98 valence electrons. The molecule has 2 rings (SSSR count).